The second kappa shape index (κ2) is 6.03. The minimum atomic E-state index is -4.69. The predicted molar refractivity (Wildman–Crippen MR) is 84.5 cm³/mol. The Kier molecular flexibility index (Phi) is 4.61. The molecule has 23 heavy (non-hydrogen) atoms. The van der Waals surface area contributed by atoms with Crippen molar-refractivity contribution in [3.63, 3.8) is 0 Å². The fourth-order valence-corrected chi connectivity index (χ4v) is 3.43. The lowest BCUT2D eigenvalue weighted by Gasteiger charge is -2.29. The SMILES string of the molecule is CCOC(=O)C1=Cc2ccc([Si](C)(C)C)cc2OC1C(F)(F)F. The summed E-state index contributed by atoms with van der Waals surface area (Å²) in [6, 6.07) is 5.22. The highest BCUT2D eigenvalue weighted by molar-refractivity contribution is 6.88. The van der Waals surface area contributed by atoms with E-state index in [4.69, 9.17) is 9.47 Å². The molecule has 3 nitrogen and oxygen atoms in total. The van der Waals surface area contributed by atoms with Crippen LogP contribution >= 0.6 is 0 Å². The van der Waals surface area contributed by atoms with Crippen molar-refractivity contribution in [2.24, 2.45) is 0 Å². The van der Waals surface area contributed by atoms with Crippen molar-refractivity contribution in [2.45, 2.75) is 38.8 Å². The van der Waals surface area contributed by atoms with Gasteiger partial charge < -0.3 is 9.47 Å². The number of esters is 1. The van der Waals surface area contributed by atoms with Crippen molar-refractivity contribution >= 4 is 25.3 Å². The summed E-state index contributed by atoms with van der Waals surface area (Å²) < 4.78 is 49.6. The third kappa shape index (κ3) is 3.77. The summed E-state index contributed by atoms with van der Waals surface area (Å²) in [7, 11) is -1.69. The highest BCUT2D eigenvalue weighted by atomic mass is 28.3. The normalized spacial score (nSPS) is 17.9. The number of hydrogen-bond donors (Lipinski definition) is 0. The van der Waals surface area contributed by atoms with Gasteiger partial charge in [-0.2, -0.15) is 13.2 Å². The molecule has 1 aliphatic heterocycles. The number of alkyl halides is 3. The first-order chi connectivity index (χ1) is 10.5. The predicted octanol–water partition coefficient (Wildman–Crippen LogP) is 3.50. The van der Waals surface area contributed by atoms with Crippen molar-refractivity contribution < 1.29 is 27.4 Å². The van der Waals surface area contributed by atoms with Gasteiger partial charge in [-0.15, -0.1) is 0 Å². The Morgan fingerprint density at radius 2 is 1.96 bits per heavy atom. The molecule has 0 amide bonds. The monoisotopic (exact) mass is 344 g/mol. The summed E-state index contributed by atoms with van der Waals surface area (Å²) in [6.45, 7) is 7.83. The van der Waals surface area contributed by atoms with Gasteiger partial charge in [0.2, 0.25) is 6.10 Å². The summed E-state index contributed by atoms with van der Waals surface area (Å²) in [4.78, 5) is 11.8. The molecule has 0 N–H and O–H groups in total. The number of hydrogen-bond acceptors (Lipinski definition) is 3. The first kappa shape index (κ1) is 17.6. The largest absolute Gasteiger partial charge is 0.475 e. The molecule has 1 aromatic carbocycles. The zero-order valence-electron chi connectivity index (χ0n) is 13.5. The van der Waals surface area contributed by atoms with E-state index in [0.29, 0.717) is 5.56 Å². The van der Waals surface area contributed by atoms with E-state index in [-0.39, 0.29) is 12.4 Å². The number of carbonyl (C=O) groups excluding carboxylic acids is 1. The van der Waals surface area contributed by atoms with Gasteiger partial charge >= 0.3 is 12.1 Å². The van der Waals surface area contributed by atoms with Crippen molar-refractivity contribution in [3.05, 3.63) is 29.3 Å². The number of fused-ring (bicyclic) bond motifs is 1. The van der Waals surface area contributed by atoms with Gasteiger partial charge in [-0.05, 0) is 19.1 Å². The fraction of sp³-hybridized carbons (Fsp3) is 0.438. The first-order valence-electron chi connectivity index (χ1n) is 7.30. The molecule has 1 atom stereocenters. The van der Waals surface area contributed by atoms with Gasteiger partial charge in [-0.3, -0.25) is 0 Å². The number of halogens is 3. The molecular formula is C16H19F3O3Si. The third-order valence-corrected chi connectivity index (χ3v) is 5.57. The molecule has 0 spiro atoms. The highest BCUT2D eigenvalue weighted by Crippen LogP contribution is 2.37. The van der Waals surface area contributed by atoms with Crippen LogP contribution in [0.3, 0.4) is 0 Å². The van der Waals surface area contributed by atoms with Crippen LogP contribution < -0.4 is 9.92 Å². The number of rotatable bonds is 3. The minimum absolute atomic E-state index is 0.00215. The molecule has 0 bridgehead atoms. The van der Waals surface area contributed by atoms with E-state index in [1.807, 2.05) is 6.07 Å². The van der Waals surface area contributed by atoms with E-state index < -0.39 is 31.9 Å². The Hall–Kier alpha value is -1.76. The lowest BCUT2D eigenvalue weighted by Crippen LogP contribution is -2.42. The van der Waals surface area contributed by atoms with Crippen molar-refractivity contribution in [3.8, 4) is 5.75 Å². The average Bonchev–Trinajstić information content (AvgIpc) is 2.43. The van der Waals surface area contributed by atoms with Gasteiger partial charge in [-0.25, -0.2) is 4.79 Å². The van der Waals surface area contributed by atoms with E-state index in [1.54, 1.807) is 19.1 Å². The molecule has 0 fully saturated rings. The van der Waals surface area contributed by atoms with Crippen LogP contribution in [0.25, 0.3) is 6.08 Å². The van der Waals surface area contributed by atoms with E-state index in [2.05, 4.69) is 19.6 Å². The summed E-state index contributed by atoms with van der Waals surface area (Å²) in [5.41, 5.74) is -0.0665. The molecule has 1 unspecified atom stereocenters. The smallest absolute Gasteiger partial charge is 0.430 e. The Morgan fingerprint density at radius 1 is 1.30 bits per heavy atom. The zero-order chi connectivity index (χ0) is 17.4. The maximum absolute atomic E-state index is 13.3. The number of carbonyl (C=O) groups is 1. The second-order valence-corrected chi connectivity index (χ2v) is 11.4. The van der Waals surface area contributed by atoms with Crippen LogP contribution in [0.4, 0.5) is 13.2 Å². The third-order valence-electron chi connectivity index (χ3n) is 3.53. The van der Waals surface area contributed by atoms with Crippen molar-refractivity contribution in [1.29, 1.82) is 0 Å². The Bertz CT molecular complexity index is 645. The molecule has 7 heteroatoms. The Morgan fingerprint density at radius 3 is 2.48 bits per heavy atom. The molecule has 2 rings (SSSR count). The topological polar surface area (TPSA) is 35.5 Å². The summed E-state index contributed by atoms with van der Waals surface area (Å²) in [5, 5.41) is 0.991. The Labute approximate surface area is 134 Å². The fourth-order valence-electron chi connectivity index (χ4n) is 2.28. The van der Waals surface area contributed by atoms with Gasteiger partial charge in [0.25, 0.3) is 0 Å². The highest BCUT2D eigenvalue weighted by Gasteiger charge is 2.48. The van der Waals surface area contributed by atoms with E-state index in [1.165, 1.54) is 6.08 Å². The summed E-state index contributed by atoms with van der Waals surface area (Å²) in [6.07, 6.45) is -5.78. The average molecular weight is 344 g/mol. The van der Waals surface area contributed by atoms with E-state index in [9.17, 15) is 18.0 Å². The molecule has 1 aromatic rings. The van der Waals surface area contributed by atoms with Crippen LogP contribution in [0.2, 0.25) is 19.6 Å². The number of ether oxygens (including phenoxy) is 2. The van der Waals surface area contributed by atoms with Gasteiger partial charge in [0.1, 0.15) is 5.75 Å². The van der Waals surface area contributed by atoms with Crippen LogP contribution in [0.5, 0.6) is 5.75 Å². The van der Waals surface area contributed by atoms with E-state index >= 15 is 0 Å². The quantitative estimate of drug-likeness (QED) is 0.622. The maximum Gasteiger partial charge on any atom is 0.430 e. The van der Waals surface area contributed by atoms with Gasteiger partial charge in [0, 0.05) is 5.56 Å². The van der Waals surface area contributed by atoms with Crippen molar-refractivity contribution in [1.82, 2.24) is 0 Å². The van der Waals surface area contributed by atoms with Crippen LogP contribution in [0, 0.1) is 0 Å². The summed E-state index contributed by atoms with van der Waals surface area (Å²) >= 11 is 0. The second-order valence-electron chi connectivity index (χ2n) is 6.36. The lowest BCUT2D eigenvalue weighted by atomic mass is 10.0. The molecule has 126 valence electrons. The van der Waals surface area contributed by atoms with Gasteiger partial charge in [0.05, 0.1) is 20.3 Å². The van der Waals surface area contributed by atoms with Crippen LogP contribution in [-0.4, -0.2) is 32.9 Å². The molecule has 0 aliphatic carbocycles. The molecule has 1 aliphatic rings. The number of benzene rings is 1. The van der Waals surface area contributed by atoms with Crippen LogP contribution in [0.15, 0.2) is 23.8 Å². The van der Waals surface area contributed by atoms with E-state index in [0.717, 1.165) is 5.19 Å². The van der Waals surface area contributed by atoms with Crippen LogP contribution in [-0.2, 0) is 9.53 Å². The molecule has 0 saturated carbocycles. The maximum atomic E-state index is 13.3. The standard InChI is InChI=1S/C16H19F3O3Si/c1-5-21-15(20)12-8-10-6-7-11(23(2,3)4)9-13(10)22-14(12)16(17,18)19/h6-9,14H,5H2,1-4H3. The van der Waals surface area contributed by atoms with Gasteiger partial charge in [0.15, 0.2) is 0 Å². The Balaban J connectivity index is 2.50. The van der Waals surface area contributed by atoms with Gasteiger partial charge in [-0.1, -0.05) is 37.0 Å². The first-order valence-corrected chi connectivity index (χ1v) is 10.8. The molecule has 0 aromatic heterocycles. The molecule has 0 radical (unpaired) electrons. The zero-order valence-corrected chi connectivity index (χ0v) is 14.5. The molecule has 1 heterocycles. The minimum Gasteiger partial charge on any atom is -0.475 e. The molecule has 0 saturated heterocycles. The molecular weight excluding hydrogens is 325 g/mol. The lowest BCUT2D eigenvalue weighted by molar-refractivity contribution is -0.187. The summed E-state index contributed by atoms with van der Waals surface area (Å²) in [5.74, 6) is -0.852. The van der Waals surface area contributed by atoms with Crippen LogP contribution in [0.1, 0.15) is 12.5 Å². The van der Waals surface area contributed by atoms with Crippen molar-refractivity contribution in [2.75, 3.05) is 6.61 Å².